The van der Waals surface area contributed by atoms with Crippen molar-refractivity contribution in [2.24, 2.45) is 5.92 Å². The summed E-state index contributed by atoms with van der Waals surface area (Å²) in [6.07, 6.45) is 4.52. The van der Waals surface area contributed by atoms with Crippen molar-refractivity contribution in [3.63, 3.8) is 0 Å². The number of nitrogens with zero attached hydrogens (tertiary/aromatic N) is 3. The summed E-state index contributed by atoms with van der Waals surface area (Å²) in [6, 6.07) is 2.07. The van der Waals surface area contributed by atoms with E-state index in [1.54, 1.807) is 26.0 Å². The maximum Gasteiger partial charge on any atom is 0.326 e. The average Bonchev–Trinajstić information content (AvgIpc) is 2.53. The van der Waals surface area contributed by atoms with E-state index in [4.69, 9.17) is 0 Å². The van der Waals surface area contributed by atoms with Gasteiger partial charge in [-0.3, -0.25) is 9.59 Å². The molecule has 0 spiro atoms. The molecular formula is C18H26N4O4. The van der Waals surface area contributed by atoms with Crippen LogP contribution >= 0.6 is 0 Å². The zero-order chi connectivity index (χ0) is 19.9. The Hall–Kier alpha value is -2.74. The lowest BCUT2D eigenvalue weighted by Gasteiger charge is -2.27. The van der Waals surface area contributed by atoms with Crippen molar-refractivity contribution in [2.75, 3.05) is 33.0 Å². The Labute approximate surface area is 153 Å². The standard InChI is InChI=1S/C18H26N4O4/c1-12(2)16(18(25)26)22(5)17(24)14-9-8-13(11-19-14)20-15(23)7-6-10-21(3)4/h6-9,11-12,16H,10H2,1-5H3,(H,20,23)(H,25,26)/b7-6+/t16-/m0/s1. The van der Waals surface area contributed by atoms with Crippen LogP contribution in [0.25, 0.3) is 0 Å². The summed E-state index contributed by atoms with van der Waals surface area (Å²) >= 11 is 0. The van der Waals surface area contributed by atoms with E-state index in [1.807, 2.05) is 19.0 Å². The lowest BCUT2D eigenvalue weighted by molar-refractivity contribution is -0.143. The van der Waals surface area contributed by atoms with E-state index < -0.39 is 17.9 Å². The van der Waals surface area contributed by atoms with Crippen LogP contribution in [0.1, 0.15) is 24.3 Å². The molecule has 0 saturated heterocycles. The first kappa shape index (κ1) is 21.3. The fourth-order valence-corrected chi connectivity index (χ4v) is 2.35. The first-order valence-corrected chi connectivity index (χ1v) is 8.21. The van der Waals surface area contributed by atoms with E-state index in [2.05, 4.69) is 10.3 Å². The number of nitrogens with one attached hydrogen (secondary N) is 1. The van der Waals surface area contributed by atoms with Gasteiger partial charge in [0.2, 0.25) is 5.91 Å². The molecule has 1 atom stereocenters. The van der Waals surface area contributed by atoms with Crippen LogP contribution in [0.2, 0.25) is 0 Å². The molecule has 0 unspecified atom stereocenters. The molecule has 2 amide bonds. The smallest absolute Gasteiger partial charge is 0.326 e. The summed E-state index contributed by atoms with van der Waals surface area (Å²) in [5, 5.41) is 11.9. The van der Waals surface area contributed by atoms with E-state index >= 15 is 0 Å². The molecule has 0 aliphatic heterocycles. The minimum absolute atomic E-state index is 0.112. The molecule has 0 aromatic carbocycles. The molecule has 26 heavy (non-hydrogen) atoms. The topological polar surface area (TPSA) is 103 Å². The first-order chi connectivity index (χ1) is 12.1. The minimum Gasteiger partial charge on any atom is -0.480 e. The molecule has 8 heteroatoms. The van der Waals surface area contributed by atoms with Gasteiger partial charge in [-0.25, -0.2) is 9.78 Å². The van der Waals surface area contributed by atoms with Gasteiger partial charge in [-0.2, -0.15) is 0 Å². The Morgan fingerprint density at radius 2 is 1.88 bits per heavy atom. The Morgan fingerprint density at radius 1 is 1.23 bits per heavy atom. The Bertz CT molecular complexity index is 668. The van der Waals surface area contributed by atoms with Crippen molar-refractivity contribution >= 4 is 23.5 Å². The van der Waals surface area contributed by atoms with Crippen molar-refractivity contribution in [1.82, 2.24) is 14.8 Å². The molecular weight excluding hydrogens is 336 g/mol. The summed E-state index contributed by atoms with van der Waals surface area (Å²) in [4.78, 5) is 42.7. The second-order valence-corrected chi connectivity index (χ2v) is 6.53. The number of aromatic nitrogens is 1. The van der Waals surface area contributed by atoms with E-state index in [9.17, 15) is 19.5 Å². The van der Waals surface area contributed by atoms with Crippen LogP contribution in [-0.4, -0.2) is 71.4 Å². The van der Waals surface area contributed by atoms with Crippen LogP contribution in [0.3, 0.4) is 0 Å². The number of aliphatic carboxylic acids is 1. The van der Waals surface area contributed by atoms with Crippen LogP contribution < -0.4 is 5.32 Å². The average molecular weight is 362 g/mol. The monoisotopic (exact) mass is 362 g/mol. The normalized spacial score (nSPS) is 12.4. The van der Waals surface area contributed by atoms with Gasteiger partial charge in [0.1, 0.15) is 11.7 Å². The van der Waals surface area contributed by atoms with Crippen LogP contribution in [0.5, 0.6) is 0 Å². The minimum atomic E-state index is -1.07. The molecule has 1 rings (SSSR count). The fraction of sp³-hybridized carbons (Fsp3) is 0.444. The Balaban J connectivity index is 2.77. The fourth-order valence-electron chi connectivity index (χ4n) is 2.35. The van der Waals surface area contributed by atoms with E-state index in [0.29, 0.717) is 12.2 Å². The van der Waals surface area contributed by atoms with Gasteiger partial charge >= 0.3 is 5.97 Å². The summed E-state index contributed by atoms with van der Waals surface area (Å²) in [5.74, 6) is -2.09. The molecule has 0 radical (unpaired) electrons. The highest BCUT2D eigenvalue weighted by molar-refractivity contribution is 5.99. The van der Waals surface area contributed by atoms with Gasteiger partial charge in [-0.05, 0) is 32.1 Å². The summed E-state index contributed by atoms with van der Waals surface area (Å²) in [7, 11) is 5.23. The summed E-state index contributed by atoms with van der Waals surface area (Å²) < 4.78 is 0. The van der Waals surface area contributed by atoms with Crippen LogP contribution in [0.4, 0.5) is 5.69 Å². The molecule has 2 N–H and O–H groups in total. The van der Waals surface area contributed by atoms with Gasteiger partial charge in [0.25, 0.3) is 5.91 Å². The SMILES string of the molecule is CC(C)[C@@H](C(=O)O)N(C)C(=O)c1ccc(NC(=O)/C=C/CN(C)C)cn1. The second-order valence-electron chi connectivity index (χ2n) is 6.53. The number of likely N-dealkylation sites (N-methyl/N-ethyl adjacent to an activating group) is 2. The number of carboxylic acids is 1. The van der Waals surface area contributed by atoms with Gasteiger partial charge < -0.3 is 20.2 Å². The van der Waals surface area contributed by atoms with Gasteiger partial charge in [-0.1, -0.05) is 19.9 Å². The van der Waals surface area contributed by atoms with E-state index in [-0.39, 0.29) is 17.5 Å². The number of carbonyl (C=O) groups excluding carboxylic acids is 2. The van der Waals surface area contributed by atoms with E-state index in [0.717, 1.165) is 4.90 Å². The van der Waals surface area contributed by atoms with Crippen molar-refractivity contribution in [3.8, 4) is 0 Å². The first-order valence-electron chi connectivity index (χ1n) is 8.21. The third-order valence-electron chi connectivity index (χ3n) is 3.61. The van der Waals surface area contributed by atoms with Crippen molar-refractivity contribution in [2.45, 2.75) is 19.9 Å². The zero-order valence-electron chi connectivity index (χ0n) is 15.8. The van der Waals surface area contributed by atoms with Gasteiger partial charge in [-0.15, -0.1) is 0 Å². The molecule has 0 bridgehead atoms. The number of carbonyl (C=O) groups is 3. The number of hydrogen-bond acceptors (Lipinski definition) is 5. The predicted molar refractivity (Wildman–Crippen MR) is 98.9 cm³/mol. The quantitative estimate of drug-likeness (QED) is 0.676. The number of anilines is 1. The molecule has 0 saturated carbocycles. The highest BCUT2D eigenvalue weighted by Gasteiger charge is 2.30. The highest BCUT2D eigenvalue weighted by atomic mass is 16.4. The molecule has 0 aliphatic carbocycles. The number of amides is 2. The Kier molecular flexibility index (Phi) is 7.92. The maximum atomic E-state index is 12.4. The molecule has 1 aromatic heterocycles. The molecule has 1 aromatic rings. The lowest BCUT2D eigenvalue weighted by atomic mass is 10.0. The molecule has 142 valence electrons. The predicted octanol–water partition coefficient (Wildman–Crippen LogP) is 1.32. The molecule has 8 nitrogen and oxygen atoms in total. The van der Waals surface area contributed by atoms with Crippen molar-refractivity contribution in [1.29, 1.82) is 0 Å². The van der Waals surface area contributed by atoms with E-state index in [1.165, 1.54) is 25.4 Å². The Morgan fingerprint density at radius 3 is 2.35 bits per heavy atom. The molecule has 0 aliphatic rings. The third-order valence-corrected chi connectivity index (χ3v) is 3.61. The van der Waals surface area contributed by atoms with Gasteiger partial charge in [0, 0.05) is 19.7 Å². The van der Waals surface area contributed by atoms with Crippen LogP contribution in [0.15, 0.2) is 30.5 Å². The van der Waals surface area contributed by atoms with Gasteiger partial charge in [0.15, 0.2) is 0 Å². The number of pyridine rings is 1. The highest BCUT2D eigenvalue weighted by Crippen LogP contribution is 2.14. The lowest BCUT2D eigenvalue weighted by Crippen LogP contribution is -2.45. The molecule has 1 heterocycles. The summed E-state index contributed by atoms with van der Waals surface area (Å²) in [5.41, 5.74) is 0.558. The van der Waals surface area contributed by atoms with Crippen molar-refractivity contribution < 1.29 is 19.5 Å². The molecule has 0 fully saturated rings. The van der Waals surface area contributed by atoms with Crippen molar-refractivity contribution in [3.05, 3.63) is 36.2 Å². The maximum absolute atomic E-state index is 12.4. The number of hydrogen-bond donors (Lipinski definition) is 2. The third kappa shape index (κ3) is 6.29. The number of rotatable bonds is 8. The zero-order valence-corrected chi connectivity index (χ0v) is 15.8. The second kappa shape index (κ2) is 9.67. The summed E-state index contributed by atoms with van der Waals surface area (Å²) in [6.45, 7) is 4.11. The largest absolute Gasteiger partial charge is 0.480 e. The van der Waals surface area contributed by atoms with Gasteiger partial charge in [0.05, 0.1) is 11.9 Å². The van der Waals surface area contributed by atoms with Crippen LogP contribution in [-0.2, 0) is 9.59 Å². The van der Waals surface area contributed by atoms with Crippen LogP contribution in [0, 0.1) is 5.92 Å². The number of carboxylic acid groups (broad SMARTS) is 1.